The molecule has 4 unspecified atom stereocenters. The fraction of sp³-hybridized carbons (Fsp3) is 0.941. The minimum Gasteiger partial charge on any atom is -0.468 e. The molecule has 1 fully saturated rings. The molecule has 0 aromatic heterocycles. The van der Waals surface area contributed by atoms with Crippen molar-refractivity contribution in [3.05, 3.63) is 0 Å². The summed E-state index contributed by atoms with van der Waals surface area (Å²) >= 11 is 0. The first-order valence-electron chi connectivity index (χ1n) is 8.41. The van der Waals surface area contributed by atoms with E-state index in [4.69, 9.17) is 4.74 Å². The number of rotatable bonds is 7. The first-order chi connectivity index (χ1) is 9.84. The summed E-state index contributed by atoms with van der Waals surface area (Å²) in [5, 5.41) is 3.28. The van der Waals surface area contributed by atoms with Crippen LogP contribution in [0.2, 0.25) is 0 Å². The number of ether oxygens (including phenoxy) is 1. The summed E-state index contributed by atoms with van der Waals surface area (Å²) in [4.78, 5) is 14.6. The predicted molar refractivity (Wildman–Crippen MR) is 87.3 cm³/mol. The van der Waals surface area contributed by atoms with Crippen molar-refractivity contribution in [1.29, 1.82) is 0 Å². The number of esters is 1. The molecule has 1 rings (SSSR count). The van der Waals surface area contributed by atoms with Crippen LogP contribution in [0.5, 0.6) is 0 Å². The van der Waals surface area contributed by atoms with Crippen LogP contribution >= 0.6 is 0 Å². The van der Waals surface area contributed by atoms with Crippen molar-refractivity contribution < 1.29 is 9.53 Å². The number of carbonyl (C=O) groups excluding carboxylic acids is 1. The van der Waals surface area contributed by atoms with Gasteiger partial charge in [-0.25, -0.2) is 0 Å². The van der Waals surface area contributed by atoms with Crippen molar-refractivity contribution in [2.75, 3.05) is 26.7 Å². The number of carbonyl (C=O) groups is 1. The van der Waals surface area contributed by atoms with Gasteiger partial charge in [0.05, 0.1) is 7.11 Å². The first-order valence-corrected chi connectivity index (χ1v) is 8.41. The molecule has 1 heterocycles. The zero-order valence-electron chi connectivity index (χ0n) is 14.7. The highest BCUT2D eigenvalue weighted by molar-refractivity contribution is 5.80. The minimum absolute atomic E-state index is 0.155. The Labute approximate surface area is 130 Å². The number of hydrogen-bond donors (Lipinski definition) is 1. The first kappa shape index (κ1) is 18.4. The van der Waals surface area contributed by atoms with Gasteiger partial charge in [0.25, 0.3) is 0 Å². The van der Waals surface area contributed by atoms with E-state index in [9.17, 15) is 4.79 Å². The van der Waals surface area contributed by atoms with Gasteiger partial charge in [-0.2, -0.15) is 0 Å². The number of nitrogens with zero attached hydrogens (tertiary/aromatic N) is 1. The molecule has 1 aliphatic rings. The minimum atomic E-state index is -0.556. The third kappa shape index (κ3) is 4.96. The standard InChI is InChI=1S/C17H34N2O2/c1-7-18-17(5,16(20)21-6)9-8-10-19-12-13(2)11-14(3)15(19)4/h13-15,18H,7-12H2,1-6H3. The second-order valence-corrected chi connectivity index (χ2v) is 7.01. The summed E-state index contributed by atoms with van der Waals surface area (Å²) in [6, 6.07) is 0.643. The Kier molecular flexibility index (Phi) is 7.14. The Morgan fingerprint density at radius 1 is 1.38 bits per heavy atom. The molecule has 0 aliphatic carbocycles. The van der Waals surface area contributed by atoms with Gasteiger partial charge in [-0.1, -0.05) is 20.8 Å². The van der Waals surface area contributed by atoms with Gasteiger partial charge >= 0.3 is 5.97 Å². The van der Waals surface area contributed by atoms with E-state index < -0.39 is 5.54 Å². The molecule has 0 bridgehead atoms. The van der Waals surface area contributed by atoms with Crippen LogP contribution < -0.4 is 5.32 Å². The van der Waals surface area contributed by atoms with Gasteiger partial charge in [-0.05, 0) is 58.0 Å². The molecule has 1 N–H and O–H groups in total. The number of likely N-dealkylation sites (tertiary alicyclic amines) is 1. The molecule has 124 valence electrons. The summed E-state index contributed by atoms with van der Waals surface area (Å²) in [7, 11) is 1.47. The van der Waals surface area contributed by atoms with Crippen LogP contribution in [0.1, 0.15) is 53.9 Å². The molecular formula is C17H34N2O2. The van der Waals surface area contributed by atoms with Crippen LogP contribution in [-0.2, 0) is 9.53 Å². The summed E-state index contributed by atoms with van der Waals surface area (Å²) in [6.45, 7) is 14.0. The molecule has 4 heteroatoms. The normalized spacial score (nSPS) is 29.9. The van der Waals surface area contributed by atoms with Gasteiger partial charge in [0, 0.05) is 12.6 Å². The smallest absolute Gasteiger partial charge is 0.325 e. The predicted octanol–water partition coefficient (Wildman–Crippen LogP) is 2.67. The summed E-state index contributed by atoms with van der Waals surface area (Å²) in [5.41, 5.74) is -0.556. The van der Waals surface area contributed by atoms with Gasteiger partial charge in [0.2, 0.25) is 0 Å². The number of piperidine rings is 1. The lowest BCUT2D eigenvalue weighted by atomic mass is 9.85. The molecule has 0 aromatic rings. The highest BCUT2D eigenvalue weighted by Gasteiger charge is 2.34. The van der Waals surface area contributed by atoms with Crippen molar-refractivity contribution in [2.45, 2.75) is 65.5 Å². The van der Waals surface area contributed by atoms with Crippen LogP contribution in [0.15, 0.2) is 0 Å². The molecule has 0 saturated carbocycles. The quantitative estimate of drug-likeness (QED) is 0.734. The maximum atomic E-state index is 12.0. The van der Waals surface area contributed by atoms with Crippen LogP contribution in [0.3, 0.4) is 0 Å². The van der Waals surface area contributed by atoms with Gasteiger partial charge in [-0.15, -0.1) is 0 Å². The molecule has 4 nitrogen and oxygen atoms in total. The number of likely N-dealkylation sites (N-methyl/N-ethyl adjacent to an activating group) is 1. The Balaban J connectivity index is 2.51. The van der Waals surface area contributed by atoms with Gasteiger partial charge < -0.3 is 15.0 Å². The average molecular weight is 298 g/mol. The van der Waals surface area contributed by atoms with Crippen LogP contribution in [0.25, 0.3) is 0 Å². The maximum absolute atomic E-state index is 12.0. The lowest BCUT2D eigenvalue weighted by molar-refractivity contribution is -0.148. The summed E-state index contributed by atoms with van der Waals surface area (Å²) < 4.78 is 4.95. The molecule has 4 atom stereocenters. The van der Waals surface area contributed by atoms with Crippen LogP contribution in [-0.4, -0.2) is 49.2 Å². The third-order valence-electron chi connectivity index (χ3n) is 5.04. The molecule has 21 heavy (non-hydrogen) atoms. The molecule has 0 spiro atoms. The van der Waals surface area contributed by atoms with Crippen LogP contribution in [0.4, 0.5) is 0 Å². The maximum Gasteiger partial charge on any atom is 0.325 e. The topological polar surface area (TPSA) is 41.6 Å². The van der Waals surface area contributed by atoms with E-state index in [0.29, 0.717) is 6.04 Å². The average Bonchev–Trinajstić information content (AvgIpc) is 2.43. The molecule has 0 amide bonds. The van der Waals surface area contributed by atoms with Crippen LogP contribution in [0, 0.1) is 11.8 Å². The molecule has 1 aliphatic heterocycles. The fourth-order valence-corrected chi connectivity index (χ4v) is 3.64. The van der Waals surface area contributed by atoms with Gasteiger partial charge in [-0.3, -0.25) is 4.79 Å². The second-order valence-electron chi connectivity index (χ2n) is 7.01. The number of hydrogen-bond acceptors (Lipinski definition) is 4. The molecule has 1 saturated heterocycles. The fourth-order valence-electron chi connectivity index (χ4n) is 3.64. The number of methoxy groups -OCH3 is 1. The molecular weight excluding hydrogens is 264 g/mol. The Bertz CT molecular complexity index is 335. The highest BCUT2D eigenvalue weighted by Crippen LogP contribution is 2.27. The van der Waals surface area contributed by atoms with E-state index in [1.54, 1.807) is 0 Å². The van der Waals surface area contributed by atoms with Gasteiger partial charge in [0.15, 0.2) is 0 Å². The Hall–Kier alpha value is -0.610. The third-order valence-corrected chi connectivity index (χ3v) is 5.04. The van der Waals surface area contributed by atoms with Gasteiger partial charge in [0.1, 0.15) is 5.54 Å². The summed E-state index contributed by atoms with van der Waals surface area (Å²) in [5.74, 6) is 1.38. The van der Waals surface area contributed by atoms with E-state index in [0.717, 1.165) is 37.8 Å². The van der Waals surface area contributed by atoms with E-state index in [2.05, 4.69) is 31.0 Å². The Morgan fingerprint density at radius 3 is 2.62 bits per heavy atom. The number of nitrogens with one attached hydrogen (secondary N) is 1. The van der Waals surface area contributed by atoms with Crippen molar-refractivity contribution in [3.8, 4) is 0 Å². The lowest BCUT2D eigenvalue weighted by Crippen LogP contribution is -2.51. The van der Waals surface area contributed by atoms with E-state index >= 15 is 0 Å². The van der Waals surface area contributed by atoms with E-state index in [1.807, 2.05) is 13.8 Å². The van der Waals surface area contributed by atoms with Crippen molar-refractivity contribution in [1.82, 2.24) is 10.2 Å². The zero-order chi connectivity index (χ0) is 16.0. The van der Waals surface area contributed by atoms with Crippen molar-refractivity contribution in [2.24, 2.45) is 11.8 Å². The monoisotopic (exact) mass is 298 g/mol. The molecule has 0 aromatic carbocycles. The SMILES string of the molecule is CCNC(C)(CCCN1CC(C)CC(C)C1C)C(=O)OC. The van der Waals surface area contributed by atoms with Crippen molar-refractivity contribution >= 4 is 5.97 Å². The zero-order valence-corrected chi connectivity index (χ0v) is 14.7. The second kappa shape index (κ2) is 8.14. The van der Waals surface area contributed by atoms with E-state index in [-0.39, 0.29) is 5.97 Å². The highest BCUT2D eigenvalue weighted by atomic mass is 16.5. The Morgan fingerprint density at radius 2 is 2.05 bits per heavy atom. The summed E-state index contributed by atoms with van der Waals surface area (Å²) in [6.07, 6.45) is 3.16. The largest absolute Gasteiger partial charge is 0.468 e. The lowest BCUT2D eigenvalue weighted by Gasteiger charge is -2.41. The molecule has 0 radical (unpaired) electrons. The van der Waals surface area contributed by atoms with E-state index in [1.165, 1.54) is 20.1 Å². The van der Waals surface area contributed by atoms with Crippen molar-refractivity contribution in [3.63, 3.8) is 0 Å².